The Morgan fingerprint density at radius 2 is 1.68 bits per heavy atom. The van der Waals surface area contributed by atoms with E-state index in [1.807, 2.05) is 0 Å². The van der Waals surface area contributed by atoms with Gasteiger partial charge >= 0.3 is 188 Å². The molecule has 2 aromatic rings. The second kappa shape index (κ2) is 11.5. The first-order valence-electron chi connectivity index (χ1n) is 8.79. The second-order valence-electron chi connectivity index (χ2n) is 5.97. The number of rotatable bonds is 11. The summed E-state index contributed by atoms with van der Waals surface area (Å²) < 4.78 is 16.3. The molecule has 11 heteroatoms. The Morgan fingerprint density at radius 3 is 2.26 bits per heavy atom. The second-order valence-corrected chi connectivity index (χ2v) is 10.0. The Labute approximate surface area is 188 Å². The SMILES string of the molecule is COc1ccc(NC(=O)c2cccc(OC)c2[Se]SC(CC(=O)O)C(=O)O)cc1OC. The summed E-state index contributed by atoms with van der Waals surface area (Å²) in [5.41, 5.74) is 0.784. The van der Waals surface area contributed by atoms with E-state index in [1.54, 1.807) is 36.4 Å². The molecule has 0 heterocycles. The molecule has 0 aliphatic rings. The standard InChI is InChI=1S/C20H21NO8SSe/c1-27-13-8-7-11(9-15(13)29-3)21-19(24)12-5-4-6-14(28-2)18(12)31-30-16(20(25)26)10-17(22)23/h4-9,16H,10H2,1-3H3,(H,21,24)(H,22,23)(H,25,26). The third kappa shape index (κ3) is 6.55. The maximum absolute atomic E-state index is 13.0. The Hall–Kier alpha value is -2.88. The van der Waals surface area contributed by atoms with Crippen molar-refractivity contribution in [3.05, 3.63) is 42.0 Å². The van der Waals surface area contributed by atoms with Crippen LogP contribution in [0.3, 0.4) is 0 Å². The molecule has 1 amide bonds. The Kier molecular flexibility index (Phi) is 9.04. The first-order valence-corrected chi connectivity index (χ1v) is 12.5. The summed E-state index contributed by atoms with van der Waals surface area (Å²) in [5, 5.41) is 19.9. The predicted molar refractivity (Wildman–Crippen MR) is 117 cm³/mol. The van der Waals surface area contributed by atoms with Crippen LogP contribution in [0.4, 0.5) is 5.69 Å². The van der Waals surface area contributed by atoms with Gasteiger partial charge in [-0.2, -0.15) is 0 Å². The van der Waals surface area contributed by atoms with Gasteiger partial charge in [-0.05, 0) is 0 Å². The first kappa shape index (κ1) is 24.4. The molecule has 1 unspecified atom stereocenters. The molecule has 0 aliphatic carbocycles. The van der Waals surface area contributed by atoms with E-state index >= 15 is 0 Å². The molecule has 0 fully saturated rings. The fraction of sp³-hybridized carbons (Fsp3) is 0.250. The number of amides is 1. The zero-order valence-corrected chi connectivity index (χ0v) is 19.4. The minimum absolute atomic E-state index is 0.307. The number of ether oxygens (including phenoxy) is 3. The molecule has 0 spiro atoms. The van der Waals surface area contributed by atoms with Gasteiger partial charge in [0.25, 0.3) is 0 Å². The van der Waals surface area contributed by atoms with Crippen molar-refractivity contribution >= 4 is 52.0 Å². The molecular weight excluding hydrogens is 493 g/mol. The van der Waals surface area contributed by atoms with Gasteiger partial charge in [0.2, 0.25) is 0 Å². The Bertz CT molecular complexity index is 968. The molecule has 166 valence electrons. The number of carboxylic acid groups (broad SMARTS) is 2. The molecule has 0 aromatic heterocycles. The van der Waals surface area contributed by atoms with Gasteiger partial charge in [-0.3, -0.25) is 0 Å². The third-order valence-corrected chi connectivity index (χ3v) is 8.83. The van der Waals surface area contributed by atoms with Gasteiger partial charge in [-0.25, -0.2) is 0 Å². The number of hydrogen-bond acceptors (Lipinski definition) is 7. The van der Waals surface area contributed by atoms with Gasteiger partial charge in [0.15, 0.2) is 0 Å². The number of carbonyl (C=O) groups is 3. The van der Waals surface area contributed by atoms with Crippen molar-refractivity contribution in [2.24, 2.45) is 0 Å². The number of anilines is 1. The fourth-order valence-corrected chi connectivity index (χ4v) is 7.18. The zero-order valence-electron chi connectivity index (χ0n) is 16.9. The van der Waals surface area contributed by atoms with Crippen LogP contribution in [0.25, 0.3) is 0 Å². The topological polar surface area (TPSA) is 131 Å². The summed E-state index contributed by atoms with van der Waals surface area (Å²) in [6.07, 6.45) is -0.524. The van der Waals surface area contributed by atoms with E-state index in [-0.39, 0.29) is 0 Å². The van der Waals surface area contributed by atoms with E-state index in [2.05, 4.69) is 5.32 Å². The van der Waals surface area contributed by atoms with E-state index in [4.69, 9.17) is 19.3 Å². The summed E-state index contributed by atoms with van der Waals surface area (Å²) in [7, 11) is 5.41. The molecule has 0 bridgehead atoms. The van der Waals surface area contributed by atoms with Crippen molar-refractivity contribution in [2.45, 2.75) is 11.7 Å². The Balaban J connectivity index is 2.29. The van der Waals surface area contributed by atoms with Crippen LogP contribution in [0.2, 0.25) is 0 Å². The average Bonchev–Trinajstić information content (AvgIpc) is 2.75. The van der Waals surface area contributed by atoms with Gasteiger partial charge in [-0.15, -0.1) is 0 Å². The molecule has 2 aromatic carbocycles. The van der Waals surface area contributed by atoms with E-state index in [0.717, 1.165) is 10.2 Å². The van der Waals surface area contributed by atoms with E-state index in [1.165, 1.54) is 21.3 Å². The van der Waals surface area contributed by atoms with Crippen molar-refractivity contribution in [1.29, 1.82) is 0 Å². The number of carbonyl (C=O) groups excluding carboxylic acids is 1. The van der Waals surface area contributed by atoms with Crippen LogP contribution >= 0.6 is 10.2 Å². The fourth-order valence-electron chi connectivity index (χ4n) is 2.48. The number of aliphatic carboxylic acids is 2. The van der Waals surface area contributed by atoms with Gasteiger partial charge in [0.1, 0.15) is 0 Å². The average molecular weight is 514 g/mol. The monoisotopic (exact) mass is 515 g/mol. The van der Waals surface area contributed by atoms with Crippen LogP contribution in [0, 0.1) is 0 Å². The number of carboxylic acids is 2. The van der Waals surface area contributed by atoms with Crippen LogP contribution in [0.5, 0.6) is 17.2 Å². The van der Waals surface area contributed by atoms with Crippen molar-refractivity contribution in [1.82, 2.24) is 0 Å². The number of nitrogens with one attached hydrogen (secondary N) is 1. The third-order valence-electron chi connectivity index (χ3n) is 3.97. The molecule has 0 saturated carbocycles. The van der Waals surface area contributed by atoms with Crippen LogP contribution in [0.15, 0.2) is 36.4 Å². The van der Waals surface area contributed by atoms with Crippen LogP contribution < -0.4 is 24.0 Å². The van der Waals surface area contributed by atoms with Gasteiger partial charge in [-0.1, -0.05) is 0 Å². The quantitative estimate of drug-likeness (QED) is 0.385. The molecule has 9 nitrogen and oxygen atoms in total. The number of methoxy groups -OCH3 is 3. The van der Waals surface area contributed by atoms with Crippen molar-refractivity contribution < 1.29 is 38.8 Å². The zero-order chi connectivity index (χ0) is 23.0. The van der Waals surface area contributed by atoms with Crippen molar-refractivity contribution in [3.8, 4) is 17.2 Å². The maximum atomic E-state index is 13.0. The molecule has 1 atom stereocenters. The Morgan fingerprint density at radius 1 is 1.00 bits per heavy atom. The van der Waals surface area contributed by atoms with Crippen LogP contribution in [0.1, 0.15) is 16.8 Å². The summed E-state index contributed by atoms with van der Waals surface area (Å²) >= 11 is -0.602. The molecule has 0 aliphatic heterocycles. The van der Waals surface area contributed by atoms with Crippen LogP contribution in [-0.2, 0) is 9.59 Å². The summed E-state index contributed by atoms with van der Waals surface area (Å²) in [6, 6.07) is 9.85. The summed E-state index contributed by atoms with van der Waals surface area (Å²) in [6.45, 7) is 0. The number of hydrogen-bond donors (Lipinski definition) is 3. The summed E-state index contributed by atoms with van der Waals surface area (Å²) in [5.74, 6) is -1.47. The normalized spacial score (nSPS) is 11.3. The van der Waals surface area contributed by atoms with Gasteiger partial charge in [0.05, 0.1) is 0 Å². The molecular formula is C20H21NO8SSe. The van der Waals surface area contributed by atoms with Crippen molar-refractivity contribution in [2.75, 3.05) is 26.6 Å². The summed E-state index contributed by atoms with van der Waals surface area (Å²) in [4.78, 5) is 35.3. The van der Waals surface area contributed by atoms with E-state index in [0.29, 0.717) is 33.0 Å². The molecule has 3 N–H and O–H groups in total. The molecule has 0 saturated heterocycles. The minimum atomic E-state index is -1.22. The number of benzene rings is 2. The van der Waals surface area contributed by atoms with E-state index in [9.17, 15) is 19.5 Å². The van der Waals surface area contributed by atoms with E-state index < -0.39 is 43.4 Å². The molecule has 31 heavy (non-hydrogen) atoms. The molecule has 2 rings (SSSR count). The van der Waals surface area contributed by atoms with Gasteiger partial charge < -0.3 is 0 Å². The van der Waals surface area contributed by atoms with Crippen molar-refractivity contribution in [3.63, 3.8) is 0 Å². The molecule has 0 radical (unpaired) electrons. The predicted octanol–water partition coefficient (Wildman–Crippen LogP) is 1.87. The van der Waals surface area contributed by atoms with Crippen LogP contribution in [-0.4, -0.2) is 68.5 Å². The van der Waals surface area contributed by atoms with Gasteiger partial charge in [0, 0.05) is 0 Å². The first-order chi connectivity index (χ1) is 14.8.